The summed E-state index contributed by atoms with van der Waals surface area (Å²) in [5, 5.41) is 2.15. The standard InChI is InChI=1S/C12H9F3O2S2/c13-12(14,15)11-7-18-6-9(11)8-19(16,17)10-4-2-1-3-5-10/h1-7H,8H2. The Balaban J connectivity index is 2.35. The zero-order chi connectivity index (χ0) is 14.1. The van der Waals surface area contributed by atoms with Crippen LogP contribution in [-0.2, 0) is 21.8 Å². The predicted octanol–water partition coefficient (Wildman–Crippen LogP) is 3.74. The van der Waals surface area contributed by atoms with Gasteiger partial charge in [0.05, 0.1) is 16.2 Å². The molecule has 2 rings (SSSR count). The molecule has 0 unspecified atom stereocenters. The lowest BCUT2D eigenvalue weighted by atomic mass is 10.2. The van der Waals surface area contributed by atoms with Crippen LogP contribution in [0, 0.1) is 0 Å². The van der Waals surface area contributed by atoms with Gasteiger partial charge in [0.2, 0.25) is 0 Å². The SMILES string of the molecule is O=S(=O)(Cc1cscc1C(F)(F)F)c1ccccc1. The first-order valence-electron chi connectivity index (χ1n) is 5.21. The van der Waals surface area contributed by atoms with Crippen molar-refractivity contribution in [3.63, 3.8) is 0 Å². The summed E-state index contributed by atoms with van der Waals surface area (Å²) in [6, 6.07) is 7.45. The molecule has 0 N–H and O–H groups in total. The summed E-state index contributed by atoms with van der Waals surface area (Å²) in [6.07, 6.45) is -4.53. The minimum absolute atomic E-state index is 0.0225. The number of rotatable bonds is 3. The molecule has 102 valence electrons. The van der Waals surface area contributed by atoms with Gasteiger partial charge in [0, 0.05) is 5.38 Å². The van der Waals surface area contributed by atoms with Gasteiger partial charge >= 0.3 is 6.18 Å². The van der Waals surface area contributed by atoms with E-state index in [9.17, 15) is 21.6 Å². The third-order valence-electron chi connectivity index (χ3n) is 2.50. The monoisotopic (exact) mass is 306 g/mol. The maximum Gasteiger partial charge on any atom is 0.417 e. The van der Waals surface area contributed by atoms with Crippen molar-refractivity contribution >= 4 is 21.2 Å². The van der Waals surface area contributed by atoms with E-state index in [1.807, 2.05) is 0 Å². The molecule has 2 nitrogen and oxygen atoms in total. The van der Waals surface area contributed by atoms with Crippen LogP contribution in [0.4, 0.5) is 13.2 Å². The first kappa shape index (κ1) is 14.1. The highest BCUT2D eigenvalue weighted by molar-refractivity contribution is 7.90. The summed E-state index contributed by atoms with van der Waals surface area (Å²) in [5.74, 6) is -0.643. The molecule has 0 aliphatic heterocycles. The quantitative estimate of drug-likeness (QED) is 0.865. The molecule has 0 aliphatic carbocycles. The van der Waals surface area contributed by atoms with Crippen LogP contribution in [0.25, 0.3) is 0 Å². The molecule has 19 heavy (non-hydrogen) atoms. The van der Waals surface area contributed by atoms with Gasteiger partial charge in [-0.3, -0.25) is 0 Å². The molecule has 0 saturated carbocycles. The summed E-state index contributed by atoms with van der Waals surface area (Å²) < 4.78 is 62.0. The minimum Gasteiger partial charge on any atom is -0.223 e. The lowest BCUT2D eigenvalue weighted by molar-refractivity contribution is -0.137. The van der Waals surface area contributed by atoms with Gasteiger partial charge in [-0.05, 0) is 23.1 Å². The van der Waals surface area contributed by atoms with Crippen LogP contribution in [0.15, 0.2) is 46.0 Å². The van der Waals surface area contributed by atoms with Crippen molar-refractivity contribution in [2.75, 3.05) is 0 Å². The summed E-state index contributed by atoms with van der Waals surface area (Å²) in [5.41, 5.74) is -1.08. The van der Waals surface area contributed by atoms with E-state index < -0.39 is 27.3 Å². The lowest BCUT2D eigenvalue weighted by Crippen LogP contribution is -2.11. The number of alkyl halides is 3. The second-order valence-electron chi connectivity index (χ2n) is 3.88. The zero-order valence-corrected chi connectivity index (χ0v) is 11.1. The number of thiophene rings is 1. The highest BCUT2D eigenvalue weighted by Crippen LogP contribution is 2.35. The zero-order valence-electron chi connectivity index (χ0n) is 9.52. The summed E-state index contributed by atoms with van der Waals surface area (Å²) in [7, 11) is -3.76. The first-order chi connectivity index (χ1) is 8.81. The van der Waals surface area contributed by atoms with Crippen molar-refractivity contribution in [1.82, 2.24) is 0 Å². The van der Waals surface area contributed by atoms with E-state index in [1.165, 1.54) is 29.6 Å². The third kappa shape index (κ3) is 3.16. The predicted molar refractivity (Wildman–Crippen MR) is 66.7 cm³/mol. The lowest BCUT2D eigenvalue weighted by Gasteiger charge is -2.08. The molecular weight excluding hydrogens is 297 g/mol. The first-order valence-corrected chi connectivity index (χ1v) is 7.80. The van der Waals surface area contributed by atoms with Gasteiger partial charge in [-0.1, -0.05) is 18.2 Å². The molecular formula is C12H9F3O2S2. The van der Waals surface area contributed by atoms with Crippen LogP contribution in [0.1, 0.15) is 11.1 Å². The second-order valence-corrected chi connectivity index (χ2v) is 6.61. The number of hydrogen-bond donors (Lipinski definition) is 0. The average Bonchev–Trinajstić information content (AvgIpc) is 2.77. The van der Waals surface area contributed by atoms with Crippen molar-refractivity contribution in [3.8, 4) is 0 Å². The number of halogens is 3. The van der Waals surface area contributed by atoms with Crippen LogP contribution in [-0.4, -0.2) is 8.42 Å². The van der Waals surface area contributed by atoms with Gasteiger partial charge in [-0.25, -0.2) is 8.42 Å². The van der Waals surface area contributed by atoms with E-state index in [0.717, 1.165) is 16.7 Å². The maximum absolute atomic E-state index is 12.7. The van der Waals surface area contributed by atoms with Crippen LogP contribution in [0.3, 0.4) is 0 Å². The van der Waals surface area contributed by atoms with Gasteiger partial charge < -0.3 is 0 Å². The van der Waals surface area contributed by atoms with Crippen molar-refractivity contribution in [3.05, 3.63) is 52.2 Å². The Labute approximate surface area is 112 Å². The van der Waals surface area contributed by atoms with Crippen LogP contribution in [0.2, 0.25) is 0 Å². The fourth-order valence-corrected chi connectivity index (χ4v) is 3.96. The highest BCUT2D eigenvalue weighted by atomic mass is 32.2. The Kier molecular flexibility index (Phi) is 3.69. The molecule has 0 spiro atoms. The van der Waals surface area contributed by atoms with Crippen molar-refractivity contribution in [2.45, 2.75) is 16.8 Å². The molecule has 0 saturated heterocycles. The molecule has 0 amide bonds. The third-order valence-corrected chi connectivity index (χ3v) is 4.97. The fraction of sp³-hybridized carbons (Fsp3) is 0.167. The van der Waals surface area contributed by atoms with Gasteiger partial charge in [-0.15, -0.1) is 0 Å². The largest absolute Gasteiger partial charge is 0.417 e. The normalized spacial score (nSPS) is 12.6. The fourth-order valence-electron chi connectivity index (χ4n) is 1.60. The summed E-state index contributed by atoms with van der Waals surface area (Å²) in [6.45, 7) is 0. The molecule has 1 aromatic carbocycles. The molecule has 0 radical (unpaired) electrons. The average molecular weight is 306 g/mol. The second kappa shape index (κ2) is 4.97. The molecule has 1 heterocycles. The number of sulfone groups is 1. The Morgan fingerprint density at radius 2 is 1.68 bits per heavy atom. The van der Waals surface area contributed by atoms with Crippen LogP contribution < -0.4 is 0 Å². The van der Waals surface area contributed by atoms with Gasteiger partial charge in [0.15, 0.2) is 9.84 Å². The topological polar surface area (TPSA) is 34.1 Å². The van der Waals surface area contributed by atoms with Crippen molar-refractivity contribution in [2.24, 2.45) is 0 Å². The van der Waals surface area contributed by atoms with Gasteiger partial charge in [-0.2, -0.15) is 24.5 Å². The van der Waals surface area contributed by atoms with E-state index >= 15 is 0 Å². The molecule has 2 aromatic rings. The van der Waals surface area contributed by atoms with Crippen molar-refractivity contribution in [1.29, 1.82) is 0 Å². The van der Waals surface area contributed by atoms with Crippen LogP contribution in [0.5, 0.6) is 0 Å². The highest BCUT2D eigenvalue weighted by Gasteiger charge is 2.35. The summed E-state index contributed by atoms with van der Waals surface area (Å²) in [4.78, 5) is 0.0225. The molecule has 0 aliphatic rings. The number of benzene rings is 1. The van der Waals surface area contributed by atoms with Gasteiger partial charge in [0.1, 0.15) is 0 Å². The van der Waals surface area contributed by atoms with E-state index in [1.54, 1.807) is 6.07 Å². The molecule has 0 fully saturated rings. The number of hydrogen-bond acceptors (Lipinski definition) is 3. The smallest absolute Gasteiger partial charge is 0.223 e. The molecule has 1 aromatic heterocycles. The van der Waals surface area contributed by atoms with Crippen LogP contribution >= 0.6 is 11.3 Å². The Bertz CT molecular complexity index is 658. The van der Waals surface area contributed by atoms with E-state index in [0.29, 0.717) is 0 Å². The van der Waals surface area contributed by atoms with Crippen molar-refractivity contribution < 1.29 is 21.6 Å². The van der Waals surface area contributed by atoms with E-state index in [4.69, 9.17) is 0 Å². The Hall–Kier alpha value is -1.34. The van der Waals surface area contributed by atoms with E-state index in [-0.39, 0.29) is 10.5 Å². The Morgan fingerprint density at radius 3 is 2.26 bits per heavy atom. The Morgan fingerprint density at radius 1 is 1.05 bits per heavy atom. The van der Waals surface area contributed by atoms with Gasteiger partial charge in [0.25, 0.3) is 0 Å². The molecule has 0 atom stereocenters. The summed E-state index contributed by atoms with van der Waals surface area (Å²) >= 11 is 0.845. The van der Waals surface area contributed by atoms with E-state index in [2.05, 4.69) is 0 Å². The maximum atomic E-state index is 12.7. The molecule has 0 bridgehead atoms. The molecule has 7 heteroatoms. The minimum atomic E-state index is -4.53.